The van der Waals surface area contributed by atoms with Crippen LogP contribution in [-0.4, -0.2) is 24.7 Å². The smallest absolute Gasteiger partial charge is 0.153 e. The van der Waals surface area contributed by atoms with Gasteiger partial charge in [0, 0.05) is 22.9 Å². The van der Waals surface area contributed by atoms with E-state index in [4.69, 9.17) is 9.47 Å². The molecule has 1 aromatic heterocycles. The largest absolute Gasteiger partial charge is 0.497 e. The third kappa shape index (κ3) is 3.08. The van der Waals surface area contributed by atoms with E-state index in [1.54, 1.807) is 7.11 Å². The van der Waals surface area contributed by atoms with E-state index in [0.29, 0.717) is 12.1 Å². The molecule has 3 N–H and O–H groups in total. The van der Waals surface area contributed by atoms with Crippen LogP contribution in [0.5, 0.6) is 11.5 Å². The summed E-state index contributed by atoms with van der Waals surface area (Å²) >= 11 is 0. The molecule has 4 nitrogen and oxygen atoms in total. The average molecular weight is 363 g/mol. The van der Waals surface area contributed by atoms with Crippen LogP contribution in [0.3, 0.4) is 0 Å². The van der Waals surface area contributed by atoms with Crippen molar-refractivity contribution in [2.75, 3.05) is 13.7 Å². The average Bonchev–Trinajstić information content (AvgIpc) is 3.35. The lowest BCUT2D eigenvalue weighted by Gasteiger charge is -2.22. The van der Waals surface area contributed by atoms with Crippen LogP contribution in [0, 0.1) is 0 Å². The molecular formula is C23H27N2O2+. The summed E-state index contributed by atoms with van der Waals surface area (Å²) in [5, 5.41) is 3.73. The highest BCUT2D eigenvalue weighted by molar-refractivity contribution is 5.86. The van der Waals surface area contributed by atoms with E-state index in [0.717, 1.165) is 24.5 Å². The number of fused-ring (bicyclic) bond motifs is 3. The number of quaternary nitrogens is 1. The maximum Gasteiger partial charge on any atom is 0.153 e. The van der Waals surface area contributed by atoms with E-state index < -0.39 is 0 Å². The number of benzene rings is 2. The Morgan fingerprint density at radius 3 is 2.56 bits per heavy atom. The maximum absolute atomic E-state index is 6.13. The number of aromatic nitrogens is 1. The van der Waals surface area contributed by atoms with E-state index in [-0.39, 0.29) is 0 Å². The first-order valence-corrected chi connectivity index (χ1v) is 10.1. The van der Waals surface area contributed by atoms with Crippen molar-refractivity contribution in [2.45, 2.75) is 44.2 Å². The van der Waals surface area contributed by atoms with E-state index in [1.165, 1.54) is 53.4 Å². The van der Waals surface area contributed by atoms with Gasteiger partial charge in [-0.2, -0.15) is 0 Å². The zero-order valence-electron chi connectivity index (χ0n) is 15.8. The molecule has 5 rings (SSSR count). The third-order valence-corrected chi connectivity index (χ3v) is 6.10. The van der Waals surface area contributed by atoms with Gasteiger partial charge in [0.1, 0.15) is 11.5 Å². The van der Waals surface area contributed by atoms with Gasteiger partial charge in [0.25, 0.3) is 0 Å². The molecule has 1 aliphatic heterocycles. The number of methoxy groups -OCH3 is 1. The summed E-state index contributed by atoms with van der Waals surface area (Å²) in [6, 6.07) is 15.4. The number of rotatable bonds is 4. The zero-order chi connectivity index (χ0) is 18.2. The van der Waals surface area contributed by atoms with Gasteiger partial charge < -0.3 is 19.8 Å². The minimum Gasteiger partial charge on any atom is -0.497 e. The van der Waals surface area contributed by atoms with Crippen molar-refractivity contribution >= 4 is 10.9 Å². The second-order valence-corrected chi connectivity index (χ2v) is 7.77. The highest BCUT2D eigenvalue weighted by atomic mass is 16.5. The number of ether oxygens (including phenoxy) is 2. The van der Waals surface area contributed by atoms with Crippen molar-refractivity contribution < 1.29 is 14.8 Å². The Morgan fingerprint density at radius 2 is 1.78 bits per heavy atom. The van der Waals surface area contributed by atoms with Crippen molar-refractivity contribution in [3.63, 3.8) is 0 Å². The van der Waals surface area contributed by atoms with Gasteiger partial charge in [-0.25, -0.2) is 0 Å². The molecule has 0 amide bonds. The Hall–Kier alpha value is -2.46. The van der Waals surface area contributed by atoms with E-state index in [9.17, 15) is 0 Å². The number of hydrogen-bond acceptors (Lipinski definition) is 2. The summed E-state index contributed by atoms with van der Waals surface area (Å²) in [6.07, 6.45) is 6.48. The van der Waals surface area contributed by atoms with E-state index in [1.807, 2.05) is 6.07 Å². The number of aromatic amines is 1. The molecule has 2 aliphatic rings. The van der Waals surface area contributed by atoms with Crippen LogP contribution in [0.25, 0.3) is 10.9 Å². The molecule has 1 aliphatic carbocycles. The molecule has 2 aromatic carbocycles. The molecule has 0 bridgehead atoms. The Kier molecular flexibility index (Phi) is 4.29. The predicted molar refractivity (Wildman–Crippen MR) is 107 cm³/mol. The molecule has 140 valence electrons. The van der Waals surface area contributed by atoms with Crippen LogP contribution in [0.2, 0.25) is 0 Å². The first kappa shape index (κ1) is 16.7. The quantitative estimate of drug-likeness (QED) is 0.742. The number of nitrogens with two attached hydrogens (primary N) is 1. The normalized spacial score (nSPS) is 20.0. The van der Waals surface area contributed by atoms with E-state index in [2.05, 4.69) is 46.7 Å². The highest BCUT2D eigenvalue weighted by Gasteiger charge is 2.28. The number of H-pyrrole nitrogens is 1. The fourth-order valence-electron chi connectivity index (χ4n) is 4.68. The molecule has 0 spiro atoms. The SMILES string of the molecule is COc1ccc2[nH]c3c(c2c1)CC[NH2+][C@@H]3c1ccc(OC2CCCC2)cc1. The van der Waals surface area contributed by atoms with Gasteiger partial charge in [-0.3, -0.25) is 0 Å². The Bertz CT molecular complexity index is 939. The van der Waals surface area contributed by atoms with E-state index >= 15 is 0 Å². The molecule has 0 saturated heterocycles. The topological polar surface area (TPSA) is 50.9 Å². The third-order valence-electron chi connectivity index (χ3n) is 6.10. The fraction of sp³-hybridized carbons (Fsp3) is 0.391. The molecule has 1 fully saturated rings. The van der Waals surface area contributed by atoms with Gasteiger partial charge in [-0.05, 0) is 73.7 Å². The van der Waals surface area contributed by atoms with Crippen molar-refractivity contribution in [1.29, 1.82) is 0 Å². The van der Waals surface area contributed by atoms with Crippen molar-refractivity contribution in [3.8, 4) is 11.5 Å². The fourth-order valence-corrected chi connectivity index (χ4v) is 4.68. The molecule has 3 aromatic rings. The second-order valence-electron chi connectivity index (χ2n) is 7.77. The van der Waals surface area contributed by atoms with Crippen LogP contribution >= 0.6 is 0 Å². The zero-order valence-corrected chi connectivity index (χ0v) is 15.8. The number of hydrogen-bond donors (Lipinski definition) is 2. The van der Waals surface area contributed by atoms with Crippen LogP contribution in [0.15, 0.2) is 42.5 Å². The summed E-state index contributed by atoms with van der Waals surface area (Å²) in [6.45, 7) is 1.10. The standard InChI is InChI=1S/C23H26N2O2/c1-26-18-10-11-21-20(14-18)19-12-13-24-22(23(19)25-21)15-6-8-17(9-7-15)27-16-4-2-3-5-16/h6-11,14,16,22,24-25H,2-5,12-13H2,1H3/p+1/t22-/m1/s1. The monoisotopic (exact) mass is 363 g/mol. The molecule has 0 unspecified atom stereocenters. The van der Waals surface area contributed by atoms with Gasteiger partial charge in [-0.15, -0.1) is 0 Å². The molecule has 27 heavy (non-hydrogen) atoms. The summed E-state index contributed by atoms with van der Waals surface area (Å²) in [5.74, 6) is 1.92. The minimum absolute atomic E-state index is 0.313. The van der Waals surface area contributed by atoms with Crippen LogP contribution in [-0.2, 0) is 6.42 Å². The van der Waals surface area contributed by atoms with Crippen molar-refractivity contribution in [2.24, 2.45) is 0 Å². The molecule has 2 heterocycles. The first-order chi connectivity index (χ1) is 13.3. The molecule has 4 heteroatoms. The van der Waals surface area contributed by atoms with Gasteiger partial charge in [-0.1, -0.05) is 0 Å². The lowest BCUT2D eigenvalue weighted by atomic mass is 9.94. The Morgan fingerprint density at radius 1 is 1.00 bits per heavy atom. The summed E-state index contributed by atoms with van der Waals surface area (Å²) in [5.41, 5.74) is 5.28. The minimum atomic E-state index is 0.313. The molecule has 1 atom stereocenters. The van der Waals surface area contributed by atoms with Gasteiger partial charge in [0.05, 0.1) is 25.5 Å². The molecular weight excluding hydrogens is 336 g/mol. The first-order valence-electron chi connectivity index (χ1n) is 10.1. The van der Waals surface area contributed by atoms with Gasteiger partial charge in [0.2, 0.25) is 0 Å². The van der Waals surface area contributed by atoms with Gasteiger partial charge >= 0.3 is 0 Å². The predicted octanol–water partition coefficient (Wildman–Crippen LogP) is 3.71. The Balaban J connectivity index is 1.44. The summed E-state index contributed by atoms with van der Waals surface area (Å²) < 4.78 is 11.6. The lowest BCUT2D eigenvalue weighted by Crippen LogP contribution is -2.87. The van der Waals surface area contributed by atoms with Crippen LogP contribution in [0.4, 0.5) is 0 Å². The van der Waals surface area contributed by atoms with Crippen molar-refractivity contribution in [1.82, 2.24) is 4.98 Å². The Labute approximate surface area is 159 Å². The van der Waals surface area contributed by atoms with Crippen LogP contribution < -0.4 is 14.8 Å². The van der Waals surface area contributed by atoms with Crippen molar-refractivity contribution in [3.05, 3.63) is 59.3 Å². The number of nitrogens with one attached hydrogen (secondary N) is 1. The molecule has 1 saturated carbocycles. The summed E-state index contributed by atoms with van der Waals surface area (Å²) in [4.78, 5) is 3.67. The summed E-state index contributed by atoms with van der Waals surface area (Å²) in [7, 11) is 1.73. The molecule has 0 radical (unpaired) electrons. The second kappa shape index (κ2) is 6.93. The van der Waals surface area contributed by atoms with Crippen LogP contribution in [0.1, 0.15) is 48.5 Å². The lowest BCUT2D eigenvalue weighted by molar-refractivity contribution is -0.690. The van der Waals surface area contributed by atoms with Gasteiger partial charge in [0.15, 0.2) is 6.04 Å². The maximum atomic E-state index is 6.13. The highest BCUT2D eigenvalue weighted by Crippen LogP contribution is 2.33.